The van der Waals surface area contributed by atoms with Gasteiger partial charge in [-0.1, -0.05) is 30.3 Å². The molecule has 0 aliphatic carbocycles. The van der Waals surface area contributed by atoms with E-state index in [1.54, 1.807) is 0 Å². The minimum atomic E-state index is -0.244. The van der Waals surface area contributed by atoms with Gasteiger partial charge < -0.3 is 10.3 Å². The summed E-state index contributed by atoms with van der Waals surface area (Å²) in [6.07, 6.45) is 3.01. The molecule has 0 unspecified atom stereocenters. The van der Waals surface area contributed by atoms with E-state index in [0.29, 0.717) is 36.5 Å². The molecule has 5 heteroatoms. The molecule has 0 bridgehead atoms. The zero-order valence-corrected chi connectivity index (χ0v) is 11.7. The Hall–Kier alpha value is -2.43. The van der Waals surface area contributed by atoms with Gasteiger partial charge in [0, 0.05) is 13.0 Å². The van der Waals surface area contributed by atoms with Crippen LogP contribution in [0.4, 0.5) is 0 Å². The van der Waals surface area contributed by atoms with Crippen molar-refractivity contribution in [1.29, 1.82) is 0 Å². The first-order valence-corrected chi connectivity index (χ1v) is 7.18. The quantitative estimate of drug-likeness (QED) is 0.886. The third kappa shape index (κ3) is 3.02. The predicted molar refractivity (Wildman–Crippen MR) is 79.4 cm³/mol. The van der Waals surface area contributed by atoms with Crippen molar-refractivity contribution in [3.63, 3.8) is 0 Å². The van der Waals surface area contributed by atoms with Crippen LogP contribution in [0.2, 0.25) is 0 Å². The van der Waals surface area contributed by atoms with Gasteiger partial charge in [0.1, 0.15) is 11.5 Å². The largest absolute Gasteiger partial charge is 0.350 e. The molecule has 21 heavy (non-hydrogen) atoms. The summed E-state index contributed by atoms with van der Waals surface area (Å²) in [5.41, 5.74) is 1.88. The Kier molecular flexibility index (Phi) is 3.81. The van der Waals surface area contributed by atoms with Crippen LogP contribution < -0.4 is 10.9 Å². The highest BCUT2D eigenvalue weighted by molar-refractivity contribution is 5.94. The Morgan fingerprint density at radius 3 is 2.71 bits per heavy atom. The fourth-order valence-electron chi connectivity index (χ4n) is 2.57. The molecular weight excluding hydrogens is 266 g/mol. The van der Waals surface area contributed by atoms with Gasteiger partial charge in [-0.25, -0.2) is 4.98 Å². The average molecular weight is 283 g/mol. The number of fused-ring (bicyclic) bond motifs is 1. The summed E-state index contributed by atoms with van der Waals surface area (Å²) in [5.74, 6) is 0.346. The van der Waals surface area contributed by atoms with Crippen LogP contribution in [0.15, 0.2) is 35.1 Å². The third-order valence-corrected chi connectivity index (χ3v) is 3.66. The van der Waals surface area contributed by atoms with E-state index < -0.39 is 0 Å². The van der Waals surface area contributed by atoms with E-state index in [-0.39, 0.29) is 11.5 Å². The Balaban J connectivity index is 1.72. The van der Waals surface area contributed by atoms with E-state index in [1.165, 1.54) is 5.56 Å². The molecule has 1 aliphatic heterocycles. The molecule has 2 heterocycles. The highest BCUT2D eigenvalue weighted by Gasteiger charge is 2.21. The topological polar surface area (TPSA) is 74.8 Å². The summed E-state index contributed by atoms with van der Waals surface area (Å²) in [6, 6.07) is 10.2. The minimum Gasteiger partial charge on any atom is -0.350 e. The molecule has 1 aromatic heterocycles. The van der Waals surface area contributed by atoms with Crippen molar-refractivity contribution in [2.24, 2.45) is 0 Å². The second-order valence-corrected chi connectivity index (χ2v) is 5.18. The van der Waals surface area contributed by atoms with Crippen molar-refractivity contribution >= 4 is 5.91 Å². The molecule has 1 aromatic carbocycles. The fraction of sp³-hybridized carbons (Fsp3) is 0.312. The van der Waals surface area contributed by atoms with Gasteiger partial charge in [0.2, 0.25) is 0 Å². The number of nitrogens with one attached hydrogen (secondary N) is 2. The number of aryl methyl sites for hydroxylation is 2. The first-order valence-electron chi connectivity index (χ1n) is 7.18. The molecule has 108 valence electrons. The number of rotatable bonds is 4. The highest BCUT2D eigenvalue weighted by atomic mass is 16.2. The molecule has 0 saturated carbocycles. The van der Waals surface area contributed by atoms with Crippen molar-refractivity contribution in [2.75, 3.05) is 6.54 Å². The van der Waals surface area contributed by atoms with Crippen LogP contribution in [-0.4, -0.2) is 22.4 Å². The summed E-state index contributed by atoms with van der Waals surface area (Å²) in [5, 5.41) is 2.72. The fourth-order valence-corrected chi connectivity index (χ4v) is 2.57. The number of benzene rings is 1. The second-order valence-electron chi connectivity index (χ2n) is 5.18. The van der Waals surface area contributed by atoms with Gasteiger partial charge in [0.15, 0.2) is 0 Å². The van der Waals surface area contributed by atoms with Gasteiger partial charge in [-0.05, 0) is 24.8 Å². The van der Waals surface area contributed by atoms with Crippen LogP contribution in [0.5, 0.6) is 0 Å². The predicted octanol–water partition coefficient (Wildman–Crippen LogP) is 1.23. The maximum atomic E-state index is 12.0. The van der Waals surface area contributed by atoms with Gasteiger partial charge in [-0.2, -0.15) is 0 Å². The molecule has 3 rings (SSSR count). The van der Waals surface area contributed by atoms with Crippen LogP contribution in [-0.2, 0) is 19.3 Å². The molecule has 1 amide bonds. The van der Waals surface area contributed by atoms with Gasteiger partial charge in [-0.15, -0.1) is 0 Å². The lowest BCUT2D eigenvalue weighted by Gasteiger charge is -2.15. The molecule has 2 aromatic rings. The van der Waals surface area contributed by atoms with Crippen molar-refractivity contribution in [1.82, 2.24) is 15.3 Å². The number of carbonyl (C=O) groups is 1. The van der Waals surface area contributed by atoms with Crippen molar-refractivity contribution in [3.05, 3.63) is 63.3 Å². The maximum absolute atomic E-state index is 12.0. The Morgan fingerprint density at radius 1 is 1.10 bits per heavy atom. The Labute approximate surface area is 122 Å². The number of hydrogen-bond acceptors (Lipinski definition) is 3. The van der Waals surface area contributed by atoms with Gasteiger partial charge >= 0.3 is 0 Å². The molecule has 0 saturated heterocycles. The molecule has 0 atom stereocenters. The number of aromatic nitrogens is 2. The molecule has 2 N–H and O–H groups in total. The lowest BCUT2D eigenvalue weighted by Crippen LogP contribution is -2.37. The Morgan fingerprint density at radius 2 is 1.90 bits per heavy atom. The molecule has 1 aliphatic rings. The minimum absolute atomic E-state index is 0.176. The zero-order valence-electron chi connectivity index (χ0n) is 11.7. The van der Waals surface area contributed by atoms with E-state index in [9.17, 15) is 9.59 Å². The molecule has 5 nitrogen and oxygen atoms in total. The number of aromatic amines is 1. The van der Waals surface area contributed by atoms with Gasteiger partial charge in [0.05, 0.1) is 5.56 Å². The van der Waals surface area contributed by atoms with E-state index in [1.807, 2.05) is 18.2 Å². The standard InChI is InChI=1S/C16H17N3O2/c20-15-12-9-10-17-16(21)14(12)18-13(19-15)8-4-7-11-5-2-1-3-6-11/h1-3,5-6H,4,7-10H2,(H,17,21)(H,18,19,20). The van der Waals surface area contributed by atoms with E-state index in [4.69, 9.17) is 0 Å². The molecule has 0 spiro atoms. The lowest BCUT2D eigenvalue weighted by atomic mass is 10.1. The van der Waals surface area contributed by atoms with E-state index in [0.717, 1.165) is 12.8 Å². The average Bonchev–Trinajstić information content (AvgIpc) is 2.50. The number of amides is 1. The van der Waals surface area contributed by atoms with Crippen LogP contribution in [0.3, 0.4) is 0 Å². The Bertz CT molecular complexity index is 707. The monoisotopic (exact) mass is 283 g/mol. The van der Waals surface area contributed by atoms with Crippen LogP contribution in [0.1, 0.15) is 33.9 Å². The van der Waals surface area contributed by atoms with Crippen LogP contribution in [0.25, 0.3) is 0 Å². The van der Waals surface area contributed by atoms with Crippen molar-refractivity contribution < 1.29 is 4.79 Å². The second kappa shape index (κ2) is 5.91. The number of nitrogens with zero attached hydrogens (tertiary/aromatic N) is 1. The number of carbonyl (C=O) groups excluding carboxylic acids is 1. The first kappa shape index (κ1) is 13.5. The summed E-state index contributed by atoms with van der Waals surface area (Å²) in [6.45, 7) is 0.504. The van der Waals surface area contributed by atoms with Crippen LogP contribution in [0, 0.1) is 0 Å². The summed E-state index contributed by atoms with van der Waals surface area (Å²) >= 11 is 0. The SMILES string of the molecule is O=C1NCCc2c1nc(CCCc1ccccc1)[nH]c2=O. The lowest BCUT2D eigenvalue weighted by molar-refractivity contribution is 0.0939. The van der Waals surface area contributed by atoms with E-state index >= 15 is 0 Å². The third-order valence-electron chi connectivity index (χ3n) is 3.66. The molecule has 0 fully saturated rings. The number of hydrogen-bond donors (Lipinski definition) is 2. The van der Waals surface area contributed by atoms with Crippen LogP contribution >= 0.6 is 0 Å². The molecule has 0 radical (unpaired) electrons. The molecular formula is C16H17N3O2. The zero-order chi connectivity index (χ0) is 14.7. The summed E-state index contributed by atoms with van der Waals surface area (Å²) in [4.78, 5) is 30.9. The van der Waals surface area contributed by atoms with Crippen molar-refractivity contribution in [3.8, 4) is 0 Å². The smallest absolute Gasteiger partial charge is 0.270 e. The van der Waals surface area contributed by atoms with Crippen molar-refractivity contribution in [2.45, 2.75) is 25.7 Å². The normalized spacial score (nSPS) is 13.6. The highest BCUT2D eigenvalue weighted by Crippen LogP contribution is 2.09. The maximum Gasteiger partial charge on any atom is 0.270 e. The van der Waals surface area contributed by atoms with E-state index in [2.05, 4.69) is 27.4 Å². The summed E-state index contributed by atoms with van der Waals surface area (Å²) in [7, 11) is 0. The number of H-pyrrole nitrogens is 1. The summed E-state index contributed by atoms with van der Waals surface area (Å²) < 4.78 is 0. The van der Waals surface area contributed by atoms with Gasteiger partial charge in [0.25, 0.3) is 11.5 Å². The van der Waals surface area contributed by atoms with Gasteiger partial charge in [-0.3, -0.25) is 9.59 Å². The first-order chi connectivity index (χ1) is 10.2.